The number of carbonyl (C=O) groups excluding carboxylic acids is 1. The Balaban J connectivity index is 1.72. The highest BCUT2D eigenvalue weighted by atomic mass is 32.2. The lowest BCUT2D eigenvalue weighted by Gasteiger charge is -2.41. The Bertz CT molecular complexity index is 1320. The molecule has 7 heteroatoms. The molecule has 0 amide bonds. The average molecular weight is 485 g/mol. The third-order valence-electron chi connectivity index (χ3n) is 6.39. The Morgan fingerprint density at radius 3 is 2.74 bits per heavy atom. The van der Waals surface area contributed by atoms with Crippen molar-refractivity contribution in [3.05, 3.63) is 100 Å². The molecule has 3 heterocycles. The van der Waals surface area contributed by atoms with E-state index >= 15 is 0 Å². The summed E-state index contributed by atoms with van der Waals surface area (Å²) in [6.45, 7) is 2.11. The van der Waals surface area contributed by atoms with E-state index in [1.165, 1.54) is 0 Å². The van der Waals surface area contributed by atoms with Crippen LogP contribution in [-0.4, -0.2) is 16.5 Å². The topological polar surface area (TPSA) is 83.0 Å². The molecule has 0 saturated heterocycles. The zero-order chi connectivity index (χ0) is 23.7. The number of allylic oxidation sites excluding steroid dienone is 3. The molecule has 1 aliphatic carbocycles. The highest BCUT2D eigenvalue weighted by Crippen LogP contribution is 2.51. The van der Waals surface area contributed by atoms with Crippen LogP contribution in [0.5, 0.6) is 0 Å². The maximum Gasteiger partial charge on any atom is 0.162 e. The maximum atomic E-state index is 13.9. The summed E-state index contributed by atoms with van der Waals surface area (Å²) < 4.78 is 1.13. The number of nitrogens with zero attached hydrogens (tertiary/aromatic N) is 3. The Morgan fingerprint density at radius 1 is 1.21 bits per heavy atom. The van der Waals surface area contributed by atoms with Crippen molar-refractivity contribution in [2.45, 2.75) is 35.8 Å². The number of nitriles is 1. The second kappa shape index (κ2) is 9.49. The van der Waals surface area contributed by atoms with Crippen LogP contribution in [-0.2, 0) is 4.79 Å². The molecule has 2 atom stereocenters. The Morgan fingerprint density at radius 2 is 2.03 bits per heavy atom. The van der Waals surface area contributed by atoms with Gasteiger partial charge in [-0.2, -0.15) is 5.26 Å². The minimum Gasteiger partial charge on any atom is -0.384 e. The number of pyridine rings is 1. The minimum atomic E-state index is -0.447. The van der Waals surface area contributed by atoms with Gasteiger partial charge in [0, 0.05) is 23.9 Å². The van der Waals surface area contributed by atoms with E-state index in [0.29, 0.717) is 29.8 Å². The summed E-state index contributed by atoms with van der Waals surface area (Å²) in [6, 6.07) is 18.3. The molecule has 170 valence electrons. The number of carbonyl (C=O) groups is 1. The monoisotopic (exact) mass is 484 g/mol. The predicted octanol–water partition coefficient (Wildman–Crippen LogP) is 5.95. The molecule has 0 unspecified atom stereocenters. The normalized spacial score (nSPS) is 20.4. The number of thioether (sulfide) groups is 1. The first-order chi connectivity index (χ1) is 16.6. The van der Waals surface area contributed by atoms with Crippen molar-refractivity contribution in [1.29, 1.82) is 5.26 Å². The highest BCUT2D eigenvalue weighted by Gasteiger charge is 2.43. The predicted molar refractivity (Wildman–Crippen MR) is 137 cm³/mol. The Labute approximate surface area is 207 Å². The van der Waals surface area contributed by atoms with Crippen LogP contribution in [0.15, 0.2) is 93.2 Å². The summed E-state index contributed by atoms with van der Waals surface area (Å²) in [5, 5.41) is 12.3. The molecule has 1 aromatic carbocycles. The number of hydrogen-bond donors (Lipinski definition) is 1. The van der Waals surface area contributed by atoms with Crippen LogP contribution in [0.25, 0.3) is 0 Å². The van der Waals surface area contributed by atoms with Gasteiger partial charge >= 0.3 is 0 Å². The first-order valence-electron chi connectivity index (χ1n) is 11.2. The molecule has 5 nitrogen and oxygen atoms in total. The van der Waals surface area contributed by atoms with Crippen LogP contribution in [0, 0.1) is 11.3 Å². The van der Waals surface area contributed by atoms with E-state index in [-0.39, 0.29) is 11.7 Å². The quantitative estimate of drug-likeness (QED) is 0.450. The second-order valence-electron chi connectivity index (χ2n) is 8.29. The average Bonchev–Trinajstić information content (AvgIpc) is 3.32. The summed E-state index contributed by atoms with van der Waals surface area (Å²) in [5.74, 6) is 0.972. The number of nitrogens with two attached hydrogens (primary N) is 1. The van der Waals surface area contributed by atoms with E-state index < -0.39 is 5.92 Å². The van der Waals surface area contributed by atoms with Crippen LogP contribution < -0.4 is 10.6 Å². The Hall–Kier alpha value is -3.34. The van der Waals surface area contributed by atoms with Gasteiger partial charge in [0.25, 0.3) is 0 Å². The van der Waals surface area contributed by atoms with Crippen LogP contribution >= 0.6 is 23.1 Å². The van der Waals surface area contributed by atoms with E-state index in [1.54, 1.807) is 35.5 Å². The van der Waals surface area contributed by atoms with E-state index in [9.17, 15) is 10.1 Å². The molecule has 34 heavy (non-hydrogen) atoms. The molecule has 2 aromatic heterocycles. The number of thiophene rings is 1. The molecular formula is C27H24N4OS2. The molecule has 3 aromatic rings. The van der Waals surface area contributed by atoms with Crippen LogP contribution in [0.1, 0.15) is 42.7 Å². The fourth-order valence-corrected chi connectivity index (χ4v) is 7.02. The SMILES string of the molecule is CCSc1sccc1[C@H]1C(C#N)=C(N)N(c2cccnc2)C2=C1C(=O)C[C@@H](c1ccccc1)C2. The number of anilines is 1. The van der Waals surface area contributed by atoms with Gasteiger partial charge in [0.2, 0.25) is 0 Å². The molecule has 0 saturated carbocycles. The van der Waals surface area contributed by atoms with Crippen molar-refractivity contribution in [3.63, 3.8) is 0 Å². The van der Waals surface area contributed by atoms with E-state index in [0.717, 1.165) is 32.5 Å². The van der Waals surface area contributed by atoms with Gasteiger partial charge in [-0.15, -0.1) is 23.1 Å². The van der Waals surface area contributed by atoms with Gasteiger partial charge in [-0.3, -0.25) is 14.7 Å². The highest BCUT2D eigenvalue weighted by molar-refractivity contribution is 8.01. The lowest BCUT2D eigenvalue weighted by atomic mass is 9.72. The molecule has 0 spiro atoms. The zero-order valence-electron chi connectivity index (χ0n) is 18.8. The lowest BCUT2D eigenvalue weighted by Crippen LogP contribution is -2.40. The maximum absolute atomic E-state index is 13.9. The summed E-state index contributed by atoms with van der Waals surface area (Å²) in [7, 11) is 0. The van der Waals surface area contributed by atoms with Gasteiger partial charge in [0.1, 0.15) is 5.82 Å². The lowest BCUT2D eigenvalue weighted by molar-refractivity contribution is -0.116. The number of ketones is 1. The van der Waals surface area contributed by atoms with Crippen molar-refractivity contribution < 1.29 is 4.79 Å². The van der Waals surface area contributed by atoms with E-state index in [4.69, 9.17) is 5.73 Å². The van der Waals surface area contributed by atoms with E-state index in [1.807, 2.05) is 46.7 Å². The van der Waals surface area contributed by atoms with Crippen molar-refractivity contribution >= 4 is 34.6 Å². The van der Waals surface area contributed by atoms with Gasteiger partial charge in [-0.1, -0.05) is 37.3 Å². The fourth-order valence-electron chi connectivity index (χ4n) is 4.95. The third-order valence-corrected chi connectivity index (χ3v) is 8.54. The van der Waals surface area contributed by atoms with Gasteiger partial charge < -0.3 is 5.73 Å². The largest absolute Gasteiger partial charge is 0.384 e. The molecule has 1 aliphatic heterocycles. The number of aromatic nitrogens is 1. The number of benzene rings is 1. The standard InChI is InChI=1S/C27H24N4OS2/c1-2-33-27-20(10-12-34-27)24-21(15-28)26(29)31(19-9-6-11-30-16-19)22-13-18(14-23(32)25(22)24)17-7-4-3-5-8-17/h3-12,16,18,24H,2,13-14,29H2,1H3/t18-,24-/m0/s1. The van der Waals surface area contributed by atoms with Crippen LogP contribution in [0.4, 0.5) is 5.69 Å². The molecule has 0 fully saturated rings. The number of Topliss-reactive ketones (excluding diaryl/α,β-unsaturated/α-hetero) is 1. The molecular weight excluding hydrogens is 460 g/mol. The van der Waals surface area contributed by atoms with Gasteiger partial charge in [0.15, 0.2) is 5.78 Å². The summed E-state index contributed by atoms with van der Waals surface area (Å²) in [4.78, 5) is 20.0. The van der Waals surface area contributed by atoms with Gasteiger partial charge in [0.05, 0.1) is 33.7 Å². The smallest absolute Gasteiger partial charge is 0.162 e. The fraction of sp³-hybridized carbons (Fsp3) is 0.222. The molecule has 0 radical (unpaired) electrons. The minimum absolute atomic E-state index is 0.0515. The zero-order valence-corrected chi connectivity index (χ0v) is 20.4. The van der Waals surface area contributed by atoms with E-state index in [2.05, 4.69) is 30.1 Å². The summed E-state index contributed by atoms with van der Waals surface area (Å²) in [5.41, 5.74) is 11.6. The molecule has 2 N–H and O–H groups in total. The molecule has 5 rings (SSSR count). The summed E-state index contributed by atoms with van der Waals surface area (Å²) >= 11 is 3.39. The molecule has 2 aliphatic rings. The van der Waals surface area contributed by atoms with Crippen molar-refractivity contribution in [1.82, 2.24) is 4.98 Å². The Kier molecular flexibility index (Phi) is 6.27. The third kappa shape index (κ3) is 3.83. The number of hydrogen-bond acceptors (Lipinski definition) is 7. The number of rotatable bonds is 5. The molecule has 0 bridgehead atoms. The second-order valence-corrected chi connectivity index (χ2v) is 10.7. The van der Waals surface area contributed by atoms with Gasteiger partial charge in [-0.05, 0) is 52.8 Å². The van der Waals surface area contributed by atoms with Gasteiger partial charge in [-0.25, -0.2) is 0 Å². The van der Waals surface area contributed by atoms with Crippen LogP contribution in [0.3, 0.4) is 0 Å². The van der Waals surface area contributed by atoms with Crippen molar-refractivity contribution in [2.24, 2.45) is 5.73 Å². The summed E-state index contributed by atoms with van der Waals surface area (Å²) in [6.07, 6.45) is 4.51. The van der Waals surface area contributed by atoms with Crippen LogP contribution in [0.2, 0.25) is 0 Å². The first-order valence-corrected chi connectivity index (χ1v) is 13.1. The first kappa shape index (κ1) is 22.5. The van der Waals surface area contributed by atoms with Crippen molar-refractivity contribution in [3.8, 4) is 6.07 Å². The van der Waals surface area contributed by atoms with Crippen molar-refractivity contribution in [2.75, 3.05) is 10.7 Å².